The molecule has 0 amide bonds. The summed E-state index contributed by atoms with van der Waals surface area (Å²) in [6.45, 7) is 8.62. The molecule has 1 aromatic rings. The molecule has 84 valence electrons. The minimum atomic E-state index is 0.0351. The fraction of sp³-hybridized carbons (Fsp3) is 0.818. The molecule has 2 heterocycles. The Morgan fingerprint density at radius 3 is 2.80 bits per heavy atom. The van der Waals surface area contributed by atoms with Gasteiger partial charge in [0.2, 0.25) is 0 Å². The van der Waals surface area contributed by atoms with Gasteiger partial charge in [-0.05, 0) is 40.2 Å². The van der Waals surface area contributed by atoms with Crippen LogP contribution in [-0.2, 0) is 5.54 Å². The van der Waals surface area contributed by atoms with E-state index < -0.39 is 0 Å². The zero-order valence-electron chi connectivity index (χ0n) is 9.82. The molecule has 1 aliphatic heterocycles. The molecule has 1 aliphatic rings. The fourth-order valence-electron chi connectivity index (χ4n) is 1.90. The lowest BCUT2D eigenvalue weighted by molar-refractivity contribution is 0.346. The molecule has 15 heavy (non-hydrogen) atoms. The predicted octanol–water partition coefficient (Wildman–Crippen LogP) is 1.50. The summed E-state index contributed by atoms with van der Waals surface area (Å²) >= 11 is 0. The van der Waals surface area contributed by atoms with Gasteiger partial charge in [-0.25, -0.2) is 4.68 Å². The normalized spacial score (nSPS) is 23.0. The molecule has 0 aromatic carbocycles. The van der Waals surface area contributed by atoms with Gasteiger partial charge in [-0.3, -0.25) is 0 Å². The molecule has 0 spiro atoms. The zero-order chi connectivity index (χ0) is 10.9. The Bertz CT molecular complexity index is 318. The van der Waals surface area contributed by atoms with Crippen LogP contribution in [-0.4, -0.2) is 28.1 Å². The molecule has 1 fully saturated rings. The second kappa shape index (κ2) is 3.93. The number of nitrogens with zero attached hydrogens (tertiary/aromatic N) is 3. The smallest absolute Gasteiger partial charge is 0.0870 e. The van der Waals surface area contributed by atoms with Gasteiger partial charge in [0.15, 0.2) is 0 Å². The van der Waals surface area contributed by atoms with Crippen LogP contribution < -0.4 is 5.32 Å². The molecule has 1 aromatic heterocycles. The van der Waals surface area contributed by atoms with E-state index in [-0.39, 0.29) is 5.54 Å². The van der Waals surface area contributed by atoms with Crippen LogP contribution in [0.25, 0.3) is 0 Å². The van der Waals surface area contributed by atoms with Crippen molar-refractivity contribution < 1.29 is 0 Å². The third-order valence-electron chi connectivity index (χ3n) is 2.91. The van der Waals surface area contributed by atoms with E-state index in [2.05, 4.69) is 42.6 Å². The van der Waals surface area contributed by atoms with E-state index in [1.807, 2.05) is 4.68 Å². The van der Waals surface area contributed by atoms with E-state index in [1.165, 1.54) is 12.8 Å². The molecule has 1 unspecified atom stereocenters. The molecule has 4 nitrogen and oxygen atoms in total. The Morgan fingerprint density at radius 2 is 2.27 bits per heavy atom. The summed E-state index contributed by atoms with van der Waals surface area (Å²) in [5.74, 6) is 0.551. The first-order chi connectivity index (χ1) is 7.07. The highest BCUT2D eigenvalue weighted by Gasteiger charge is 2.21. The van der Waals surface area contributed by atoms with E-state index >= 15 is 0 Å². The van der Waals surface area contributed by atoms with Gasteiger partial charge in [-0.15, -0.1) is 5.10 Å². The Kier molecular flexibility index (Phi) is 2.78. The van der Waals surface area contributed by atoms with Gasteiger partial charge in [0.25, 0.3) is 0 Å². The highest BCUT2D eigenvalue weighted by molar-refractivity contribution is 5.05. The Balaban J connectivity index is 2.12. The average Bonchev–Trinajstić information content (AvgIpc) is 2.67. The molecule has 0 bridgehead atoms. The Labute approximate surface area is 91.1 Å². The van der Waals surface area contributed by atoms with Crippen LogP contribution in [0.4, 0.5) is 0 Å². The molecular weight excluding hydrogens is 188 g/mol. The van der Waals surface area contributed by atoms with Crippen LogP contribution in [0.3, 0.4) is 0 Å². The fourth-order valence-corrected chi connectivity index (χ4v) is 1.90. The molecule has 0 saturated carbocycles. The minimum Gasteiger partial charge on any atom is -0.316 e. The van der Waals surface area contributed by atoms with Gasteiger partial charge >= 0.3 is 0 Å². The van der Waals surface area contributed by atoms with Gasteiger partial charge in [-0.1, -0.05) is 5.21 Å². The van der Waals surface area contributed by atoms with Gasteiger partial charge in [0.1, 0.15) is 0 Å². The third-order valence-corrected chi connectivity index (χ3v) is 2.91. The number of hydrogen-bond acceptors (Lipinski definition) is 3. The zero-order valence-corrected chi connectivity index (χ0v) is 9.82. The summed E-state index contributed by atoms with van der Waals surface area (Å²) in [5, 5.41) is 11.9. The number of hydrogen-bond donors (Lipinski definition) is 1. The van der Waals surface area contributed by atoms with Crippen LogP contribution in [0.2, 0.25) is 0 Å². The molecule has 0 aliphatic carbocycles. The van der Waals surface area contributed by atoms with Gasteiger partial charge in [0, 0.05) is 18.7 Å². The second-order valence-electron chi connectivity index (χ2n) is 5.30. The molecule has 0 radical (unpaired) electrons. The van der Waals surface area contributed by atoms with Crippen molar-refractivity contribution in [3.63, 3.8) is 0 Å². The van der Waals surface area contributed by atoms with Crippen LogP contribution >= 0.6 is 0 Å². The lowest BCUT2D eigenvalue weighted by atomic mass is 9.97. The SMILES string of the molecule is CC(C)(C)n1cc(C2CCCNC2)nn1. The second-order valence-corrected chi connectivity index (χ2v) is 5.30. The Morgan fingerprint density at radius 1 is 1.47 bits per heavy atom. The maximum atomic E-state index is 4.28. The van der Waals surface area contributed by atoms with E-state index in [1.54, 1.807) is 0 Å². The number of aromatic nitrogens is 3. The molecule has 1 saturated heterocycles. The topological polar surface area (TPSA) is 42.7 Å². The van der Waals surface area contributed by atoms with Crippen molar-refractivity contribution in [3.8, 4) is 0 Å². The van der Waals surface area contributed by atoms with Crippen LogP contribution in [0.5, 0.6) is 0 Å². The van der Waals surface area contributed by atoms with Crippen LogP contribution in [0.15, 0.2) is 6.20 Å². The summed E-state index contributed by atoms with van der Waals surface area (Å²) in [7, 11) is 0. The molecule has 2 rings (SSSR count). The summed E-state index contributed by atoms with van der Waals surface area (Å²) in [6, 6.07) is 0. The monoisotopic (exact) mass is 208 g/mol. The number of piperidine rings is 1. The van der Waals surface area contributed by atoms with E-state index in [0.29, 0.717) is 5.92 Å². The van der Waals surface area contributed by atoms with Crippen molar-refractivity contribution in [1.29, 1.82) is 0 Å². The van der Waals surface area contributed by atoms with Gasteiger partial charge in [0.05, 0.1) is 11.2 Å². The Hall–Kier alpha value is -0.900. The quantitative estimate of drug-likeness (QED) is 0.760. The van der Waals surface area contributed by atoms with Crippen molar-refractivity contribution in [2.75, 3.05) is 13.1 Å². The van der Waals surface area contributed by atoms with Gasteiger partial charge < -0.3 is 5.32 Å². The summed E-state index contributed by atoms with van der Waals surface area (Å²) in [5.41, 5.74) is 1.17. The maximum Gasteiger partial charge on any atom is 0.0870 e. The van der Waals surface area contributed by atoms with E-state index in [4.69, 9.17) is 0 Å². The first-order valence-electron chi connectivity index (χ1n) is 5.71. The molecule has 1 N–H and O–H groups in total. The number of nitrogens with one attached hydrogen (secondary N) is 1. The van der Waals surface area contributed by atoms with Gasteiger partial charge in [-0.2, -0.15) is 0 Å². The largest absolute Gasteiger partial charge is 0.316 e. The number of rotatable bonds is 1. The summed E-state index contributed by atoms with van der Waals surface area (Å²) < 4.78 is 1.96. The predicted molar refractivity (Wildman–Crippen MR) is 59.9 cm³/mol. The van der Waals surface area contributed by atoms with Crippen molar-refractivity contribution in [3.05, 3.63) is 11.9 Å². The van der Waals surface area contributed by atoms with Crippen LogP contribution in [0.1, 0.15) is 45.2 Å². The molecule has 1 atom stereocenters. The highest BCUT2D eigenvalue weighted by Crippen LogP contribution is 2.22. The third kappa shape index (κ3) is 2.37. The minimum absolute atomic E-state index is 0.0351. The lowest BCUT2D eigenvalue weighted by Crippen LogP contribution is -2.28. The van der Waals surface area contributed by atoms with E-state index in [0.717, 1.165) is 18.8 Å². The van der Waals surface area contributed by atoms with Crippen LogP contribution in [0, 0.1) is 0 Å². The molecule has 4 heteroatoms. The first kappa shape index (κ1) is 10.6. The summed E-state index contributed by atoms with van der Waals surface area (Å²) in [6.07, 6.45) is 4.57. The van der Waals surface area contributed by atoms with E-state index in [9.17, 15) is 0 Å². The van der Waals surface area contributed by atoms with Crippen molar-refractivity contribution in [2.45, 2.75) is 45.1 Å². The van der Waals surface area contributed by atoms with Crippen molar-refractivity contribution >= 4 is 0 Å². The maximum absolute atomic E-state index is 4.28. The first-order valence-corrected chi connectivity index (χ1v) is 5.71. The highest BCUT2D eigenvalue weighted by atomic mass is 15.4. The summed E-state index contributed by atoms with van der Waals surface area (Å²) in [4.78, 5) is 0. The standard InChI is InChI=1S/C11H20N4/c1-11(2,3)15-8-10(13-14-15)9-5-4-6-12-7-9/h8-9,12H,4-7H2,1-3H3. The average molecular weight is 208 g/mol. The lowest BCUT2D eigenvalue weighted by Gasteiger charge is -2.21. The van der Waals surface area contributed by atoms with Crippen molar-refractivity contribution in [1.82, 2.24) is 20.3 Å². The van der Waals surface area contributed by atoms with Crippen molar-refractivity contribution in [2.24, 2.45) is 0 Å². The molecular formula is C11H20N4.